The zero-order chi connectivity index (χ0) is 19.0. The van der Waals surface area contributed by atoms with Crippen LogP contribution < -0.4 is 0 Å². The summed E-state index contributed by atoms with van der Waals surface area (Å²) < 4.78 is 0. The summed E-state index contributed by atoms with van der Waals surface area (Å²) in [5.74, 6) is 0. The number of halogens is 2. The maximum absolute atomic E-state index is 12.1. The van der Waals surface area contributed by atoms with Gasteiger partial charge in [-0.25, -0.2) is 0 Å². The van der Waals surface area contributed by atoms with Crippen molar-refractivity contribution in [1.82, 2.24) is 0 Å². The number of fused-ring (bicyclic) bond motifs is 1. The maximum atomic E-state index is 12.1. The van der Waals surface area contributed by atoms with Gasteiger partial charge in [-0.15, -0.1) is 0 Å². The Morgan fingerprint density at radius 2 is 1.40 bits per heavy atom. The van der Waals surface area contributed by atoms with E-state index in [4.69, 9.17) is 18.6 Å². The van der Waals surface area contributed by atoms with E-state index in [1.54, 1.807) is 0 Å². The van der Waals surface area contributed by atoms with Gasteiger partial charge < -0.3 is 12.6 Å². The third kappa shape index (κ3) is 4.33. The Morgan fingerprint density at radius 1 is 1.00 bits per heavy atom. The van der Waals surface area contributed by atoms with E-state index in [0.717, 1.165) is 0 Å². The minimum absolute atomic E-state index is 0. The third-order valence-electron chi connectivity index (χ3n) is 5.01. The van der Waals surface area contributed by atoms with E-state index in [1.807, 2.05) is 0 Å². The first kappa shape index (κ1) is 25.5. The van der Waals surface area contributed by atoms with E-state index in [2.05, 4.69) is 85.7 Å². The SMILES string of the molecule is CC1=CC(C)(P(=[N-])(C(C)(C)C)C(C)(C)C)c2ccccc21.[CH3-].[Cl][Ti][Cl]. The Kier molecular flexibility index (Phi) is 8.83. The van der Waals surface area contributed by atoms with Crippen molar-refractivity contribution in [2.45, 2.75) is 70.9 Å². The van der Waals surface area contributed by atoms with Crippen LogP contribution in [0.3, 0.4) is 0 Å². The molecule has 0 amide bonds. The summed E-state index contributed by atoms with van der Waals surface area (Å²) >= 11 is -0.556. The second kappa shape index (κ2) is 8.66. The minimum atomic E-state index is -2.34. The molecule has 0 heterocycles. The third-order valence-corrected chi connectivity index (χ3v) is 10.6. The molecule has 1 aliphatic rings. The second-order valence-electron chi connectivity index (χ2n) is 8.57. The zero-order valence-electron chi connectivity index (χ0n) is 17.0. The average Bonchev–Trinajstić information content (AvgIpc) is 2.70. The molecular formula is C20H32Cl2NPTi-2. The van der Waals surface area contributed by atoms with Crippen molar-refractivity contribution in [2.75, 3.05) is 0 Å². The van der Waals surface area contributed by atoms with Crippen LogP contribution >= 0.6 is 25.7 Å². The van der Waals surface area contributed by atoms with E-state index >= 15 is 0 Å². The van der Waals surface area contributed by atoms with Crippen molar-refractivity contribution in [1.29, 1.82) is 0 Å². The predicted molar refractivity (Wildman–Crippen MR) is 115 cm³/mol. The quantitative estimate of drug-likeness (QED) is 0.239. The van der Waals surface area contributed by atoms with Crippen LogP contribution in [0, 0.1) is 7.43 Å². The van der Waals surface area contributed by atoms with Crippen molar-refractivity contribution in [3.05, 3.63) is 54.1 Å². The summed E-state index contributed by atoms with van der Waals surface area (Å²) in [4.78, 5) is 0. The molecule has 0 saturated heterocycles. The van der Waals surface area contributed by atoms with Gasteiger partial charge in [0.1, 0.15) is 0 Å². The van der Waals surface area contributed by atoms with Crippen LogP contribution in [0.4, 0.5) is 0 Å². The Bertz CT molecular complexity index is 653. The average molecular weight is 436 g/mol. The standard InChI is InChI=1S/C19H29NP.CH3.2ClH.Ti/c1-14-13-19(8,16-12-10-9-11-15(14)16)21(20,17(2,3)4)18(5,6)7;;;;/h9-13H,1-8H3;1H3;2*1H;/q2*-1;;;+2/p-2. The molecule has 1 aromatic rings. The molecule has 0 aromatic heterocycles. The fourth-order valence-electron chi connectivity index (χ4n) is 4.51. The van der Waals surface area contributed by atoms with Crippen molar-refractivity contribution in [3.63, 3.8) is 0 Å². The summed E-state index contributed by atoms with van der Waals surface area (Å²) in [6.07, 6.45) is 2.32. The van der Waals surface area contributed by atoms with E-state index in [9.17, 15) is 5.16 Å². The van der Waals surface area contributed by atoms with Gasteiger partial charge in [0.2, 0.25) is 0 Å². The van der Waals surface area contributed by atoms with Gasteiger partial charge in [0.25, 0.3) is 0 Å². The van der Waals surface area contributed by atoms with Crippen LogP contribution in [-0.2, 0) is 22.2 Å². The Balaban J connectivity index is 0.00000134. The van der Waals surface area contributed by atoms with E-state index in [0.29, 0.717) is 0 Å². The van der Waals surface area contributed by atoms with E-state index < -0.39 is 24.1 Å². The first-order chi connectivity index (χ1) is 10.8. The van der Waals surface area contributed by atoms with Gasteiger partial charge in [-0.1, -0.05) is 71.9 Å². The molecule has 1 nitrogen and oxygen atoms in total. The molecule has 142 valence electrons. The molecule has 25 heavy (non-hydrogen) atoms. The normalized spacial score (nSPS) is 19.8. The van der Waals surface area contributed by atoms with Crippen LogP contribution in [0.5, 0.6) is 0 Å². The summed E-state index contributed by atoms with van der Waals surface area (Å²) in [5, 5.41) is 11.5. The monoisotopic (exact) mass is 435 g/mol. The van der Waals surface area contributed by atoms with E-state index in [1.165, 1.54) is 16.7 Å². The van der Waals surface area contributed by atoms with Gasteiger partial charge in [0, 0.05) is 5.16 Å². The van der Waals surface area contributed by atoms with Gasteiger partial charge in [-0.2, -0.15) is 7.05 Å². The molecule has 2 rings (SSSR count). The predicted octanol–water partition coefficient (Wildman–Crippen LogP) is 8.51. The summed E-state index contributed by atoms with van der Waals surface area (Å²) in [5.41, 5.74) is 3.88. The Morgan fingerprint density at radius 3 is 1.80 bits per heavy atom. The van der Waals surface area contributed by atoms with Crippen LogP contribution in [-0.4, -0.2) is 10.3 Å². The number of hydrogen-bond acceptors (Lipinski definition) is 0. The van der Waals surface area contributed by atoms with Crippen molar-refractivity contribution >= 4 is 31.2 Å². The summed E-state index contributed by atoms with van der Waals surface area (Å²) in [7, 11) is 7.44. The Labute approximate surface area is 172 Å². The van der Waals surface area contributed by atoms with Gasteiger partial charge in [-0.3, -0.25) is 0 Å². The summed E-state index contributed by atoms with van der Waals surface area (Å²) in [6.45, 7) is 17.6. The molecule has 1 aliphatic carbocycles. The molecule has 5 heteroatoms. The van der Waals surface area contributed by atoms with Crippen LogP contribution in [0.1, 0.15) is 66.5 Å². The summed E-state index contributed by atoms with van der Waals surface area (Å²) in [6, 6.07) is 8.57. The molecule has 0 radical (unpaired) electrons. The molecule has 1 atom stereocenters. The molecule has 0 saturated carbocycles. The van der Waals surface area contributed by atoms with Crippen LogP contribution in [0.2, 0.25) is 0 Å². The zero-order valence-corrected chi connectivity index (χ0v) is 21.0. The molecule has 0 fully saturated rings. The van der Waals surface area contributed by atoms with Gasteiger partial charge in [0.05, 0.1) is 0 Å². The molecule has 0 spiro atoms. The van der Waals surface area contributed by atoms with Crippen molar-refractivity contribution in [2.24, 2.45) is 0 Å². The molecule has 0 N–H and O–H groups in total. The number of rotatable bonds is 1. The molecule has 1 aromatic carbocycles. The second-order valence-corrected chi connectivity index (χ2v) is 16.0. The van der Waals surface area contributed by atoms with Crippen molar-refractivity contribution in [3.8, 4) is 0 Å². The topological polar surface area (TPSA) is 22.3 Å². The fourth-order valence-corrected chi connectivity index (χ4v) is 10.2. The number of nitrogens with zero attached hydrogens (tertiary/aromatic N) is 1. The Hall–Kier alpha value is 0.484. The van der Waals surface area contributed by atoms with E-state index in [-0.39, 0.29) is 22.9 Å². The molecule has 0 bridgehead atoms. The van der Waals surface area contributed by atoms with Crippen molar-refractivity contribution < 1.29 is 17.0 Å². The number of benzene rings is 1. The molecule has 1 unspecified atom stereocenters. The number of allylic oxidation sites excluding steroid dienone is 2. The number of hydrogen-bond donors (Lipinski definition) is 0. The van der Waals surface area contributed by atoms with Gasteiger partial charge in [-0.05, 0) is 40.9 Å². The van der Waals surface area contributed by atoms with Crippen LogP contribution in [0.15, 0.2) is 30.3 Å². The fraction of sp³-hybridized carbons (Fsp3) is 0.550. The first-order valence-electron chi connectivity index (χ1n) is 8.15. The van der Waals surface area contributed by atoms with Crippen LogP contribution in [0.25, 0.3) is 10.7 Å². The van der Waals surface area contributed by atoms with Gasteiger partial charge in [0.15, 0.2) is 0 Å². The molecule has 0 aliphatic heterocycles. The molecular weight excluding hydrogens is 404 g/mol. The van der Waals surface area contributed by atoms with Gasteiger partial charge >= 0.3 is 35.6 Å². The first-order valence-corrected chi connectivity index (χ1v) is 14.2.